The molecule has 2 aromatic rings. The van der Waals surface area contributed by atoms with Crippen LogP contribution in [0.4, 0.5) is 0 Å². The van der Waals surface area contributed by atoms with Crippen LogP contribution in [-0.4, -0.2) is 28.1 Å². The summed E-state index contributed by atoms with van der Waals surface area (Å²) in [6.45, 7) is 1.95. The number of nitrogens with zero attached hydrogens (tertiary/aromatic N) is 3. The molecule has 0 saturated heterocycles. The summed E-state index contributed by atoms with van der Waals surface area (Å²) in [6.07, 6.45) is 7.76. The van der Waals surface area contributed by atoms with Crippen LogP contribution in [0.25, 0.3) is 0 Å². The number of rotatable bonds is 7. The van der Waals surface area contributed by atoms with E-state index >= 15 is 0 Å². The zero-order valence-corrected chi connectivity index (χ0v) is 16.2. The first-order chi connectivity index (χ1) is 12.1. The highest BCUT2D eigenvalue weighted by Crippen LogP contribution is 2.37. The van der Waals surface area contributed by atoms with Gasteiger partial charge in [0.05, 0.1) is 13.3 Å². The molecule has 1 aromatic carbocycles. The molecule has 5 nitrogen and oxygen atoms in total. The van der Waals surface area contributed by atoms with Crippen molar-refractivity contribution in [2.45, 2.75) is 50.9 Å². The van der Waals surface area contributed by atoms with Crippen molar-refractivity contribution in [1.82, 2.24) is 19.7 Å². The second-order valence-corrected chi connectivity index (χ2v) is 7.39. The number of aromatic nitrogens is 3. The minimum Gasteiger partial charge on any atom is -0.383 e. The molecule has 0 aliphatic heterocycles. The molecule has 0 bridgehead atoms. The van der Waals surface area contributed by atoms with Gasteiger partial charge in [-0.2, -0.15) is 5.10 Å². The fourth-order valence-corrected chi connectivity index (χ4v) is 3.92. The summed E-state index contributed by atoms with van der Waals surface area (Å²) < 4.78 is 9.62. The lowest BCUT2D eigenvalue weighted by molar-refractivity contribution is 0.186. The van der Waals surface area contributed by atoms with E-state index in [0.717, 1.165) is 24.4 Å². The average molecular weight is 381 g/mol. The van der Waals surface area contributed by atoms with Crippen LogP contribution in [0.15, 0.2) is 30.6 Å². The quantitative estimate of drug-likeness (QED) is 0.734. The highest BCUT2D eigenvalue weighted by atomic mass is 35.5. The fraction of sp³-hybridized carbons (Fsp3) is 0.556. The van der Waals surface area contributed by atoms with Gasteiger partial charge in [-0.1, -0.05) is 43.0 Å². The van der Waals surface area contributed by atoms with Crippen LogP contribution in [0, 0.1) is 4.77 Å². The van der Waals surface area contributed by atoms with E-state index in [4.69, 9.17) is 28.6 Å². The number of nitrogens with one attached hydrogen (secondary N) is 1. The smallest absolute Gasteiger partial charge is 0.198 e. The SMILES string of the molecule is COCCn1cnn(CNC2(c3ccc(Cl)cc3)CCCCC2)c1=S. The molecule has 25 heavy (non-hydrogen) atoms. The van der Waals surface area contributed by atoms with Crippen LogP contribution in [0.3, 0.4) is 0 Å². The summed E-state index contributed by atoms with van der Waals surface area (Å²) in [7, 11) is 1.69. The summed E-state index contributed by atoms with van der Waals surface area (Å²) in [5.41, 5.74) is 1.26. The van der Waals surface area contributed by atoms with E-state index in [2.05, 4.69) is 22.5 Å². The van der Waals surface area contributed by atoms with Crippen molar-refractivity contribution in [1.29, 1.82) is 0 Å². The summed E-state index contributed by atoms with van der Waals surface area (Å²) in [6, 6.07) is 8.22. The molecule has 1 aliphatic carbocycles. The van der Waals surface area contributed by atoms with Gasteiger partial charge in [0.2, 0.25) is 0 Å². The van der Waals surface area contributed by atoms with E-state index in [-0.39, 0.29) is 5.54 Å². The van der Waals surface area contributed by atoms with Crippen LogP contribution in [0.2, 0.25) is 5.02 Å². The number of halogens is 1. The number of hydrogen-bond donors (Lipinski definition) is 1. The Morgan fingerprint density at radius 2 is 1.96 bits per heavy atom. The van der Waals surface area contributed by atoms with Gasteiger partial charge in [-0.3, -0.25) is 5.32 Å². The molecule has 1 aromatic heterocycles. The molecule has 1 N–H and O–H groups in total. The van der Waals surface area contributed by atoms with E-state index in [1.54, 1.807) is 13.4 Å². The third-order valence-corrected chi connectivity index (χ3v) is 5.70. The van der Waals surface area contributed by atoms with Crippen molar-refractivity contribution in [3.05, 3.63) is 45.9 Å². The first-order valence-corrected chi connectivity index (χ1v) is 9.55. The molecule has 7 heteroatoms. The molecule has 0 radical (unpaired) electrons. The van der Waals surface area contributed by atoms with Gasteiger partial charge < -0.3 is 9.30 Å². The van der Waals surface area contributed by atoms with E-state index in [1.165, 1.54) is 24.8 Å². The summed E-state index contributed by atoms with van der Waals surface area (Å²) >= 11 is 11.6. The highest BCUT2D eigenvalue weighted by Gasteiger charge is 2.33. The molecule has 0 spiro atoms. The molecule has 0 atom stereocenters. The second kappa shape index (κ2) is 8.45. The van der Waals surface area contributed by atoms with Crippen molar-refractivity contribution < 1.29 is 4.74 Å². The molecule has 1 aliphatic rings. The first-order valence-electron chi connectivity index (χ1n) is 8.77. The monoisotopic (exact) mass is 380 g/mol. The number of hydrogen-bond acceptors (Lipinski definition) is 4. The van der Waals surface area contributed by atoms with Crippen molar-refractivity contribution in [3.63, 3.8) is 0 Å². The Kier molecular flexibility index (Phi) is 6.28. The van der Waals surface area contributed by atoms with Gasteiger partial charge in [0.1, 0.15) is 6.33 Å². The Hall–Kier alpha value is -1.21. The van der Waals surface area contributed by atoms with Gasteiger partial charge >= 0.3 is 0 Å². The molecule has 3 rings (SSSR count). The standard InChI is InChI=1S/C18H25ClN4OS/c1-24-12-11-22-14-21-23(17(22)25)13-20-18(9-3-2-4-10-18)15-5-7-16(19)8-6-15/h5-8,14,20H,2-4,9-13H2,1H3. The molecule has 1 fully saturated rings. The fourth-order valence-electron chi connectivity index (χ4n) is 3.54. The van der Waals surface area contributed by atoms with Crippen LogP contribution < -0.4 is 5.32 Å². The lowest BCUT2D eigenvalue weighted by Gasteiger charge is -2.39. The highest BCUT2D eigenvalue weighted by molar-refractivity contribution is 7.71. The second-order valence-electron chi connectivity index (χ2n) is 6.58. The van der Waals surface area contributed by atoms with Crippen molar-refractivity contribution in [3.8, 4) is 0 Å². The van der Waals surface area contributed by atoms with Gasteiger partial charge in [-0.25, -0.2) is 4.68 Å². The Morgan fingerprint density at radius 1 is 1.24 bits per heavy atom. The van der Waals surface area contributed by atoms with Crippen molar-refractivity contribution in [2.75, 3.05) is 13.7 Å². The molecular formula is C18H25ClN4OS. The van der Waals surface area contributed by atoms with Gasteiger partial charge in [0, 0.05) is 24.2 Å². The Labute approximate surface area is 158 Å². The number of ether oxygens (including phenoxy) is 1. The average Bonchev–Trinajstić information content (AvgIpc) is 2.99. The number of benzene rings is 1. The van der Waals surface area contributed by atoms with E-state index in [1.807, 2.05) is 21.4 Å². The largest absolute Gasteiger partial charge is 0.383 e. The maximum Gasteiger partial charge on any atom is 0.198 e. The Bertz CT molecular complexity index is 734. The molecule has 0 amide bonds. The van der Waals surface area contributed by atoms with E-state index < -0.39 is 0 Å². The predicted molar refractivity (Wildman–Crippen MR) is 102 cm³/mol. The van der Waals surface area contributed by atoms with Gasteiger partial charge in [0.25, 0.3) is 0 Å². The first kappa shape index (κ1) is 18.6. The maximum atomic E-state index is 6.07. The van der Waals surface area contributed by atoms with Crippen LogP contribution in [-0.2, 0) is 23.5 Å². The van der Waals surface area contributed by atoms with Gasteiger partial charge in [0.15, 0.2) is 4.77 Å². The topological polar surface area (TPSA) is 44.0 Å². The molecule has 1 heterocycles. The van der Waals surface area contributed by atoms with Crippen molar-refractivity contribution in [2.24, 2.45) is 0 Å². The summed E-state index contributed by atoms with van der Waals surface area (Å²) in [5.74, 6) is 0. The minimum absolute atomic E-state index is 0.0338. The zero-order chi connectivity index (χ0) is 17.7. The summed E-state index contributed by atoms with van der Waals surface area (Å²) in [5, 5.41) is 8.94. The summed E-state index contributed by atoms with van der Waals surface area (Å²) in [4.78, 5) is 0. The zero-order valence-electron chi connectivity index (χ0n) is 14.6. The molecule has 136 valence electrons. The van der Waals surface area contributed by atoms with Gasteiger partial charge in [-0.05, 0) is 42.8 Å². The Morgan fingerprint density at radius 3 is 2.64 bits per heavy atom. The van der Waals surface area contributed by atoms with E-state index in [0.29, 0.717) is 18.0 Å². The van der Waals surface area contributed by atoms with E-state index in [9.17, 15) is 0 Å². The van der Waals surface area contributed by atoms with Crippen LogP contribution >= 0.6 is 23.8 Å². The van der Waals surface area contributed by atoms with Crippen molar-refractivity contribution >= 4 is 23.8 Å². The number of methoxy groups -OCH3 is 1. The predicted octanol–water partition coefficient (Wildman–Crippen LogP) is 4.12. The lowest BCUT2D eigenvalue weighted by Crippen LogP contribution is -2.44. The molecule has 1 saturated carbocycles. The Balaban J connectivity index is 1.77. The van der Waals surface area contributed by atoms with Crippen LogP contribution in [0.5, 0.6) is 0 Å². The maximum absolute atomic E-state index is 6.07. The van der Waals surface area contributed by atoms with Crippen LogP contribution in [0.1, 0.15) is 37.7 Å². The normalized spacial score (nSPS) is 16.9. The molecular weight excluding hydrogens is 356 g/mol. The minimum atomic E-state index is -0.0338. The lowest BCUT2D eigenvalue weighted by atomic mass is 9.76. The van der Waals surface area contributed by atoms with Gasteiger partial charge in [-0.15, -0.1) is 0 Å². The third kappa shape index (κ3) is 4.31. The molecule has 0 unspecified atom stereocenters. The third-order valence-electron chi connectivity index (χ3n) is 5.00.